The number of carbonyl (C=O) groups is 1. The molecule has 1 nitrogen and oxygen atoms in total. The van der Waals surface area contributed by atoms with E-state index in [1.807, 2.05) is 25.1 Å². The lowest BCUT2D eigenvalue weighted by Crippen LogP contribution is -2.17. The van der Waals surface area contributed by atoms with Crippen molar-refractivity contribution in [3.8, 4) is 0 Å². The van der Waals surface area contributed by atoms with E-state index in [0.29, 0.717) is 5.02 Å². The summed E-state index contributed by atoms with van der Waals surface area (Å²) in [7, 11) is 0. The van der Waals surface area contributed by atoms with Crippen molar-refractivity contribution in [2.45, 2.75) is 24.6 Å². The number of Topliss-reactive ketones (excluding diaryl/α,β-unsaturated/α-hetero) is 1. The molecule has 0 heterocycles. The highest BCUT2D eigenvalue weighted by atomic mass is 79.9. The fraction of sp³-hybridized carbons (Fsp3) is 0.364. The van der Waals surface area contributed by atoms with Gasteiger partial charge in [-0.15, -0.1) is 0 Å². The third kappa shape index (κ3) is 3.30. The van der Waals surface area contributed by atoms with Crippen molar-refractivity contribution in [1.82, 2.24) is 0 Å². The van der Waals surface area contributed by atoms with Gasteiger partial charge >= 0.3 is 0 Å². The normalized spacial score (nSPS) is 14.7. The van der Waals surface area contributed by atoms with Crippen LogP contribution in [-0.4, -0.2) is 10.6 Å². The Morgan fingerprint density at radius 2 is 2.07 bits per heavy atom. The summed E-state index contributed by atoms with van der Waals surface area (Å²) < 4.78 is 0.977. The van der Waals surface area contributed by atoms with E-state index in [1.165, 1.54) is 0 Å². The van der Waals surface area contributed by atoms with Gasteiger partial charge in [0, 0.05) is 15.4 Å². The second kappa shape index (κ2) is 5.46. The van der Waals surface area contributed by atoms with Gasteiger partial charge in [0.1, 0.15) is 5.78 Å². The zero-order chi connectivity index (χ0) is 11.6. The van der Waals surface area contributed by atoms with Crippen LogP contribution in [-0.2, 0) is 4.79 Å². The molecule has 0 saturated carbocycles. The lowest BCUT2D eigenvalue weighted by molar-refractivity contribution is -0.116. The van der Waals surface area contributed by atoms with Crippen LogP contribution in [0.15, 0.2) is 22.7 Å². The van der Waals surface area contributed by atoms with Crippen molar-refractivity contribution in [2.24, 2.45) is 0 Å². The molecule has 1 aromatic rings. The molecule has 0 N–H and O–H groups in total. The predicted octanol–water partition coefficient (Wildman–Crippen LogP) is 4.56. The molecule has 0 aliphatic heterocycles. The van der Waals surface area contributed by atoms with Crippen molar-refractivity contribution in [2.75, 3.05) is 0 Å². The van der Waals surface area contributed by atoms with Gasteiger partial charge in [0.25, 0.3) is 0 Å². The number of alkyl halides is 1. The summed E-state index contributed by atoms with van der Waals surface area (Å²) in [4.78, 5) is 11.1. The Kier molecular flexibility index (Phi) is 4.81. The monoisotopic (exact) mass is 352 g/mol. The van der Waals surface area contributed by atoms with Crippen molar-refractivity contribution >= 4 is 49.2 Å². The van der Waals surface area contributed by atoms with Crippen LogP contribution < -0.4 is 0 Å². The van der Waals surface area contributed by atoms with Crippen LogP contribution in [0, 0.1) is 0 Å². The Hall–Kier alpha value is 0.140. The minimum absolute atomic E-state index is 0.0931. The average molecular weight is 354 g/mol. The van der Waals surface area contributed by atoms with E-state index in [1.54, 1.807) is 6.92 Å². The molecule has 82 valence electrons. The minimum atomic E-state index is -0.174. The summed E-state index contributed by atoms with van der Waals surface area (Å²) in [5.41, 5.74) is 1.04. The largest absolute Gasteiger partial charge is 0.299 e. The second-order valence-corrected chi connectivity index (χ2v) is 5.74. The zero-order valence-electron chi connectivity index (χ0n) is 8.43. The average Bonchev–Trinajstić information content (AvgIpc) is 2.19. The van der Waals surface area contributed by atoms with Crippen LogP contribution in [0.1, 0.15) is 25.3 Å². The van der Waals surface area contributed by atoms with Gasteiger partial charge in [-0.1, -0.05) is 50.4 Å². The van der Waals surface area contributed by atoms with Crippen LogP contribution in [0.25, 0.3) is 0 Å². The molecule has 0 aliphatic carbocycles. The Morgan fingerprint density at radius 1 is 1.47 bits per heavy atom. The molecule has 15 heavy (non-hydrogen) atoms. The van der Waals surface area contributed by atoms with Gasteiger partial charge < -0.3 is 0 Å². The highest BCUT2D eigenvalue weighted by molar-refractivity contribution is 9.10. The number of hydrogen-bond donors (Lipinski definition) is 0. The quantitative estimate of drug-likeness (QED) is 0.728. The SMILES string of the molecule is CC(=O)C(Br)C(C)c1cc(Cl)ccc1Br. The summed E-state index contributed by atoms with van der Waals surface area (Å²) >= 11 is 12.8. The highest BCUT2D eigenvalue weighted by Crippen LogP contribution is 2.32. The van der Waals surface area contributed by atoms with E-state index in [-0.39, 0.29) is 16.5 Å². The van der Waals surface area contributed by atoms with Crippen molar-refractivity contribution in [3.05, 3.63) is 33.3 Å². The van der Waals surface area contributed by atoms with Gasteiger partial charge in [-0.2, -0.15) is 0 Å². The molecule has 0 amide bonds. The Balaban J connectivity index is 3.04. The fourth-order valence-corrected chi connectivity index (χ4v) is 2.45. The van der Waals surface area contributed by atoms with E-state index in [4.69, 9.17) is 11.6 Å². The standard InChI is InChI=1S/C11H11Br2ClO/c1-6(11(13)7(2)15)9-5-8(14)3-4-10(9)12/h3-6,11H,1-2H3. The Bertz CT molecular complexity index is 379. The van der Waals surface area contributed by atoms with Crippen LogP contribution in [0.2, 0.25) is 5.02 Å². The lowest BCUT2D eigenvalue weighted by Gasteiger charge is -2.17. The molecular weight excluding hydrogens is 343 g/mol. The highest BCUT2D eigenvalue weighted by Gasteiger charge is 2.22. The first kappa shape index (κ1) is 13.2. The molecule has 0 aromatic heterocycles. The molecule has 0 bridgehead atoms. The maximum Gasteiger partial charge on any atom is 0.144 e. The molecule has 1 rings (SSSR count). The third-order valence-electron chi connectivity index (χ3n) is 2.28. The molecule has 0 saturated heterocycles. The van der Waals surface area contributed by atoms with Crippen molar-refractivity contribution in [1.29, 1.82) is 0 Å². The number of halogens is 3. The first-order valence-electron chi connectivity index (χ1n) is 4.53. The zero-order valence-corrected chi connectivity index (χ0v) is 12.4. The summed E-state index contributed by atoms with van der Waals surface area (Å²) in [5, 5.41) is 0.684. The molecular formula is C11H11Br2ClO. The van der Waals surface area contributed by atoms with E-state index >= 15 is 0 Å². The van der Waals surface area contributed by atoms with Crippen molar-refractivity contribution in [3.63, 3.8) is 0 Å². The number of ketones is 1. The molecule has 0 aliphatic rings. The van der Waals surface area contributed by atoms with Gasteiger partial charge in [0.15, 0.2) is 0 Å². The molecule has 0 radical (unpaired) electrons. The van der Waals surface area contributed by atoms with Gasteiger partial charge in [-0.05, 0) is 30.7 Å². The molecule has 4 heteroatoms. The van der Waals surface area contributed by atoms with E-state index in [2.05, 4.69) is 31.9 Å². The van der Waals surface area contributed by atoms with E-state index in [9.17, 15) is 4.79 Å². The van der Waals surface area contributed by atoms with E-state index in [0.717, 1.165) is 10.0 Å². The second-order valence-electron chi connectivity index (χ2n) is 3.47. The van der Waals surface area contributed by atoms with E-state index < -0.39 is 0 Å². The van der Waals surface area contributed by atoms with Crippen LogP contribution in [0.4, 0.5) is 0 Å². The smallest absolute Gasteiger partial charge is 0.144 e. The lowest BCUT2D eigenvalue weighted by atomic mass is 9.96. The Morgan fingerprint density at radius 3 is 2.60 bits per heavy atom. The van der Waals surface area contributed by atoms with Crippen LogP contribution in [0.3, 0.4) is 0 Å². The van der Waals surface area contributed by atoms with Crippen LogP contribution in [0.5, 0.6) is 0 Å². The Labute approximate surface area is 111 Å². The summed E-state index contributed by atoms with van der Waals surface area (Å²) in [6.07, 6.45) is 0. The number of carbonyl (C=O) groups excluding carboxylic acids is 1. The summed E-state index contributed by atoms with van der Waals surface area (Å²) in [6, 6.07) is 5.60. The summed E-state index contributed by atoms with van der Waals surface area (Å²) in [5.74, 6) is 0.213. The topological polar surface area (TPSA) is 17.1 Å². The molecule has 2 atom stereocenters. The van der Waals surface area contributed by atoms with Crippen molar-refractivity contribution < 1.29 is 4.79 Å². The predicted molar refractivity (Wildman–Crippen MR) is 71.0 cm³/mol. The number of rotatable bonds is 3. The van der Waals surface area contributed by atoms with Gasteiger partial charge in [-0.25, -0.2) is 0 Å². The first-order valence-corrected chi connectivity index (χ1v) is 6.61. The molecule has 2 unspecified atom stereocenters. The fourth-order valence-electron chi connectivity index (χ4n) is 1.37. The maximum atomic E-state index is 11.3. The first-order chi connectivity index (χ1) is 6.93. The molecule has 1 aromatic carbocycles. The summed E-state index contributed by atoms with van der Waals surface area (Å²) in [6.45, 7) is 3.58. The number of benzene rings is 1. The van der Waals surface area contributed by atoms with Crippen LogP contribution >= 0.6 is 43.5 Å². The van der Waals surface area contributed by atoms with Gasteiger partial charge in [0.05, 0.1) is 4.83 Å². The minimum Gasteiger partial charge on any atom is -0.299 e. The number of hydrogen-bond acceptors (Lipinski definition) is 1. The molecule has 0 fully saturated rings. The maximum absolute atomic E-state index is 11.3. The third-order valence-corrected chi connectivity index (χ3v) is 4.67. The van der Waals surface area contributed by atoms with Gasteiger partial charge in [0.2, 0.25) is 0 Å². The molecule has 0 spiro atoms. The van der Waals surface area contributed by atoms with Gasteiger partial charge in [-0.3, -0.25) is 4.79 Å².